The first kappa shape index (κ1) is 21.6. The Labute approximate surface area is 202 Å². The highest BCUT2D eigenvalue weighted by Gasteiger charge is 2.53. The molecule has 0 atom stereocenters. The van der Waals surface area contributed by atoms with E-state index in [1.165, 1.54) is 22.9 Å². The number of fused-ring (bicyclic) bond motifs is 1. The summed E-state index contributed by atoms with van der Waals surface area (Å²) >= 11 is 4.35. The molecular formula is C24H18N2O4S3. The van der Waals surface area contributed by atoms with Crippen LogP contribution in [0.3, 0.4) is 0 Å². The summed E-state index contributed by atoms with van der Waals surface area (Å²) in [6.45, 7) is 2.05. The summed E-state index contributed by atoms with van der Waals surface area (Å²) in [6, 6.07) is 13.4. The minimum atomic E-state index is -0.738. The number of hydrogen-bond acceptors (Lipinski definition) is 7. The number of nitrogens with zero attached hydrogens (tertiary/aromatic N) is 1. The molecule has 1 aliphatic rings. The van der Waals surface area contributed by atoms with Crippen LogP contribution in [-0.2, 0) is 21.6 Å². The van der Waals surface area contributed by atoms with Crippen molar-refractivity contribution in [1.29, 1.82) is 0 Å². The summed E-state index contributed by atoms with van der Waals surface area (Å²) in [6.07, 6.45) is 0.854. The zero-order valence-corrected chi connectivity index (χ0v) is 20.0. The van der Waals surface area contributed by atoms with E-state index >= 15 is 0 Å². The molecular weight excluding hydrogens is 476 g/mol. The molecule has 0 bridgehead atoms. The van der Waals surface area contributed by atoms with Gasteiger partial charge in [0.1, 0.15) is 12.0 Å². The van der Waals surface area contributed by atoms with Gasteiger partial charge in [0.2, 0.25) is 0 Å². The Morgan fingerprint density at radius 2 is 1.97 bits per heavy atom. The number of aryl methyl sites for hydroxylation is 1. The van der Waals surface area contributed by atoms with Crippen molar-refractivity contribution in [3.05, 3.63) is 68.4 Å². The summed E-state index contributed by atoms with van der Waals surface area (Å²) in [5.41, 5.74) is 1.28. The Kier molecular flexibility index (Phi) is 5.66. The van der Waals surface area contributed by atoms with Crippen LogP contribution < -0.4 is 5.32 Å². The van der Waals surface area contributed by atoms with Crippen LogP contribution in [0.15, 0.2) is 42.5 Å². The number of nitrogens with one attached hydrogen (secondary N) is 1. The van der Waals surface area contributed by atoms with Gasteiger partial charge in [-0.25, -0.2) is 4.79 Å². The van der Waals surface area contributed by atoms with E-state index in [0.29, 0.717) is 24.2 Å². The summed E-state index contributed by atoms with van der Waals surface area (Å²) < 4.78 is 10.7. The maximum Gasteiger partial charge on any atom is 0.412 e. The molecule has 0 spiro atoms. The van der Waals surface area contributed by atoms with Gasteiger partial charge in [-0.3, -0.25) is 10.1 Å². The number of rotatable bonds is 5. The van der Waals surface area contributed by atoms with Crippen molar-refractivity contribution < 1.29 is 19.4 Å². The normalized spacial score (nSPS) is 13.8. The highest BCUT2D eigenvalue weighted by atomic mass is 32.2. The van der Waals surface area contributed by atoms with E-state index in [1.807, 2.05) is 49.4 Å². The minimum absolute atomic E-state index is 0.182. The first-order valence-corrected chi connectivity index (χ1v) is 12.6. The highest BCUT2D eigenvalue weighted by Crippen LogP contribution is 2.52. The maximum absolute atomic E-state index is 12.3. The lowest BCUT2D eigenvalue weighted by molar-refractivity contribution is -0.139. The number of thiophene rings is 2. The second-order valence-electron chi connectivity index (χ2n) is 7.75. The van der Waals surface area contributed by atoms with Crippen LogP contribution in [0.4, 0.5) is 10.5 Å². The molecule has 2 N–H and O–H groups in total. The molecule has 5 rings (SSSR count). The largest absolute Gasteiger partial charge is 0.481 e. The zero-order valence-electron chi connectivity index (χ0n) is 17.5. The number of aromatic nitrogens is 1. The van der Waals surface area contributed by atoms with E-state index in [4.69, 9.17) is 4.74 Å². The molecule has 9 heteroatoms. The van der Waals surface area contributed by atoms with Gasteiger partial charge in [0.15, 0.2) is 5.69 Å². The molecule has 4 aromatic rings. The van der Waals surface area contributed by atoms with Crippen molar-refractivity contribution in [3.8, 4) is 11.8 Å². The summed E-state index contributed by atoms with van der Waals surface area (Å²) in [4.78, 5) is 26.5. The van der Waals surface area contributed by atoms with E-state index in [0.717, 1.165) is 29.6 Å². The van der Waals surface area contributed by atoms with Crippen LogP contribution in [0.25, 0.3) is 9.40 Å². The van der Waals surface area contributed by atoms with E-state index in [1.54, 1.807) is 11.3 Å². The smallest absolute Gasteiger partial charge is 0.412 e. The topological polar surface area (TPSA) is 88.5 Å². The van der Waals surface area contributed by atoms with Gasteiger partial charge in [0.05, 0.1) is 14.6 Å². The number of carboxylic acids is 1. The minimum Gasteiger partial charge on any atom is -0.481 e. The number of benzene rings is 1. The molecule has 1 amide bonds. The first-order valence-electron chi connectivity index (χ1n) is 10.2. The quantitative estimate of drug-likeness (QED) is 0.333. The van der Waals surface area contributed by atoms with E-state index in [-0.39, 0.29) is 6.61 Å². The fourth-order valence-electron chi connectivity index (χ4n) is 3.41. The Bertz CT molecular complexity index is 1390. The van der Waals surface area contributed by atoms with Gasteiger partial charge in [-0.15, -0.1) is 22.7 Å². The standard InChI is InChI=1S/C24H18N2O4S3/c1-14-20(25-23(29)30-13-15-5-3-2-4-6-15)18(26-33-14)8-7-17-11-16-12-19(32-21(16)31-17)24(9-10-24)22(27)28/h2-6,11-12H,9-10,13H2,1H3,(H,25,29)(H,27,28). The van der Waals surface area contributed by atoms with Crippen LogP contribution in [0, 0.1) is 18.8 Å². The number of carboxylic acid groups (broad SMARTS) is 1. The fourth-order valence-corrected chi connectivity index (χ4v) is 6.56. The molecule has 33 heavy (non-hydrogen) atoms. The van der Waals surface area contributed by atoms with Gasteiger partial charge in [0, 0.05) is 15.1 Å². The highest BCUT2D eigenvalue weighted by molar-refractivity contribution is 7.38. The van der Waals surface area contributed by atoms with Crippen LogP contribution in [0.2, 0.25) is 0 Å². The second-order valence-corrected chi connectivity index (χ2v) is 11.1. The number of carbonyl (C=O) groups excluding carboxylic acids is 1. The van der Waals surface area contributed by atoms with Gasteiger partial charge in [-0.05, 0) is 60.8 Å². The Hall–Kier alpha value is -3.19. The lowest BCUT2D eigenvalue weighted by Gasteiger charge is -2.06. The molecule has 6 nitrogen and oxygen atoms in total. The van der Waals surface area contributed by atoms with Crippen LogP contribution in [0.1, 0.15) is 38.7 Å². The predicted molar refractivity (Wildman–Crippen MR) is 131 cm³/mol. The molecule has 1 saturated carbocycles. The average molecular weight is 495 g/mol. The molecule has 1 aliphatic carbocycles. The van der Waals surface area contributed by atoms with Crippen molar-refractivity contribution in [2.75, 3.05) is 5.32 Å². The lowest BCUT2D eigenvalue weighted by atomic mass is 10.1. The summed E-state index contributed by atoms with van der Waals surface area (Å²) in [5, 5.41) is 13.3. The Morgan fingerprint density at radius 3 is 2.67 bits per heavy atom. The number of ether oxygens (including phenoxy) is 1. The molecule has 0 radical (unpaired) electrons. The third-order valence-electron chi connectivity index (χ3n) is 5.45. The molecule has 0 unspecified atom stereocenters. The second kappa shape index (κ2) is 8.63. The van der Waals surface area contributed by atoms with Gasteiger partial charge >= 0.3 is 12.1 Å². The van der Waals surface area contributed by atoms with E-state index in [2.05, 4.69) is 21.5 Å². The van der Waals surface area contributed by atoms with Crippen LogP contribution in [0.5, 0.6) is 0 Å². The molecule has 3 heterocycles. The number of amides is 1. The van der Waals surface area contributed by atoms with E-state index in [9.17, 15) is 14.7 Å². The third-order valence-corrected chi connectivity index (χ3v) is 8.71. The molecule has 3 aromatic heterocycles. The molecule has 166 valence electrons. The number of carbonyl (C=O) groups is 2. The fraction of sp³-hybridized carbons (Fsp3) is 0.208. The Balaban J connectivity index is 1.29. The van der Waals surface area contributed by atoms with Crippen molar-refractivity contribution in [2.24, 2.45) is 0 Å². The van der Waals surface area contributed by atoms with E-state index < -0.39 is 17.5 Å². The summed E-state index contributed by atoms with van der Waals surface area (Å²) in [5.74, 6) is 5.45. The van der Waals surface area contributed by atoms with Gasteiger partial charge in [0.25, 0.3) is 0 Å². The SMILES string of the molecule is Cc1snc(C#Cc2cc3cc(C4(C(=O)O)CC4)sc3s2)c1NC(=O)OCc1ccccc1. The van der Waals surface area contributed by atoms with Crippen molar-refractivity contribution in [3.63, 3.8) is 0 Å². The number of anilines is 1. The first-order chi connectivity index (χ1) is 15.9. The maximum atomic E-state index is 12.3. The molecule has 1 fully saturated rings. The lowest BCUT2D eigenvalue weighted by Crippen LogP contribution is -2.17. The zero-order chi connectivity index (χ0) is 23.0. The number of hydrogen-bond donors (Lipinski definition) is 2. The predicted octanol–water partition coefficient (Wildman–Crippen LogP) is 5.99. The van der Waals surface area contributed by atoms with Crippen LogP contribution in [-0.4, -0.2) is 21.5 Å². The third kappa shape index (κ3) is 4.37. The van der Waals surface area contributed by atoms with Crippen molar-refractivity contribution in [2.45, 2.75) is 31.8 Å². The van der Waals surface area contributed by atoms with Crippen molar-refractivity contribution >= 4 is 61.4 Å². The van der Waals surface area contributed by atoms with Crippen molar-refractivity contribution in [1.82, 2.24) is 4.37 Å². The molecule has 0 saturated heterocycles. The Morgan fingerprint density at radius 1 is 1.18 bits per heavy atom. The van der Waals surface area contributed by atoms with Crippen LogP contribution >= 0.6 is 34.2 Å². The van der Waals surface area contributed by atoms with Gasteiger partial charge in [-0.2, -0.15) is 4.37 Å². The molecule has 1 aromatic carbocycles. The van der Waals surface area contributed by atoms with Gasteiger partial charge < -0.3 is 9.84 Å². The molecule has 0 aliphatic heterocycles. The average Bonchev–Trinajstić information content (AvgIpc) is 3.24. The monoisotopic (exact) mass is 494 g/mol. The number of aliphatic carboxylic acids is 1. The van der Waals surface area contributed by atoms with Gasteiger partial charge in [-0.1, -0.05) is 30.3 Å². The summed E-state index contributed by atoms with van der Waals surface area (Å²) in [7, 11) is 0.